The number of halogens is 2. The summed E-state index contributed by atoms with van der Waals surface area (Å²) < 4.78 is 31.9. The van der Waals surface area contributed by atoms with E-state index < -0.39 is 28.6 Å². The first-order valence-electron chi connectivity index (χ1n) is 10.4. The quantitative estimate of drug-likeness (QED) is 0.787. The second-order valence-electron chi connectivity index (χ2n) is 7.88. The second-order valence-corrected chi connectivity index (χ2v) is 7.88. The lowest BCUT2D eigenvalue weighted by Gasteiger charge is -2.41. The van der Waals surface area contributed by atoms with Crippen LogP contribution >= 0.6 is 0 Å². The summed E-state index contributed by atoms with van der Waals surface area (Å²) in [5.74, 6) is -3.05. The smallest absolute Gasteiger partial charge is 0.341 e. The molecule has 0 radical (unpaired) electrons. The van der Waals surface area contributed by atoms with Gasteiger partial charge in [0.25, 0.3) is 0 Å². The molecule has 162 valence electrons. The number of carboxylic acids is 1. The highest BCUT2D eigenvalue weighted by Gasteiger charge is 2.30. The number of anilines is 1. The summed E-state index contributed by atoms with van der Waals surface area (Å²) in [6.45, 7) is 6.91. The van der Waals surface area contributed by atoms with E-state index in [0.717, 1.165) is 51.3 Å². The Hall–Kier alpha value is -2.52. The lowest BCUT2D eigenvalue weighted by Crippen LogP contribution is -2.52. The number of piperidine rings is 1. The number of aryl methyl sites for hydroxylation is 1. The predicted octanol–water partition coefficient (Wildman–Crippen LogP) is 1.87. The summed E-state index contributed by atoms with van der Waals surface area (Å²) >= 11 is 0. The van der Waals surface area contributed by atoms with Crippen molar-refractivity contribution in [3.63, 3.8) is 0 Å². The summed E-state index contributed by atoms with van der Waals surface area (Å²) in [5, 5.41) is 12.3. The molecule has 2 aliphatic rings. The van der Waals surface area contributed by atoms with Gasteiger partial charge in [-0.05, 0) is 25.8 Å². The summed E-state index contributed by atoms with van der Waals surface area (Å²) in [5.41, 5.74) is -1.55. The number of nitrogens with one attached hydrogen (secondary N) is 1. The Morgan fingerprint density at radius 2 is 1.87 bits per heavy atom. The molecule has 2 aliphatic heterocycles. The zero-order chi connectivity index (χ0) is 21.4. The van der Waals surface area contributed by atoms with Crippen LogP contribution in [0.1, 0.15) is 30.1 Å². The zero-order valence-corrected chi connectivity index (χ0v) is 17.0. The van der Waals surface area contributed by atoms with Crippen LogP contribution in [0.15, 0.2) is 17.1 Å². The summed E-state index contributed by atoms with van der Waals surface area (Å²) in [6.07, 6.45) is 2.76. The molecular weight excluding hydrogens is 394 g/mol. The molecule has 4 rings (SSSR count). The van der Waals surface area contributed by atoms with Crippen LogP contribution in [0, 0.1) is 11.6 Å². The molecule has 0 atom stereocenters. The van der Waals surface area contributed by atoms with Crippen molar-refractivity contribution in [1.29, 1.82) is 0 Å². The van der Waals surface area contributed by atoms with Gasteiger partial charge in [-0.15, -0.1) is 0 Å². The normalized spacial score (nSPS) is 18.8. The van der Waals surface area contributed by atoms with Crippen LogP contribution in [-0.4, -0.2) is 65.9 Å². The van der Waals surface area contributed by atoms with Gasteiger partial charge in [-0.25, -0.2) is 13.6 Å². The Morgan fingerprint density at radius 1 is 1.20 bits per heavy atom. The topological polar surface area (TPSA) is 77.8 Å². The Labute approximate surface area is 172 Å². The predicted molar refractivity (Wildman–Crippen MR) is 110 cm³/mol. The van der Waals surface area contributed by atoms with Gasteiger partial charge in [0.05, 0.1) is 10.9 Å². The van der Waals surface area contributed by atoms with Crippen molar-refractivity contribution in [2.24, 2.45) is 0 Å². The van der Waals surface area contributed by atoms with Crippen molar-refractivity contribution in [2.45, 2.75) is 32.4 Å². The molecule has 0 amide bonds. The van der Waals surface area contributed by atoms with E-state index in [1.807, 2.05) is 0 Å². The number of carboxylic acid groups (broad SMARTS) is 1. The molecule has 7 nitrogen and oxygen atoms in total. The molecule has 30 heavy (non-hydrogen) atoms. The van der Waals surface area contributed by atoms with E-state index in [9.17, 15) is 19.1 Å². The molecule has 0 aliphatic carbocycles. The van der Waals surface area contributed by atoms with Crippen molar-refractivity contribution in [2.75, 3.05) is 44.2 Å². The molecule has 2 N–H and O–H groups in total. The first-order chi connectivity index (χ1) is 14.4. The van der Waals surface area contributed by atoms with E-state index in [0.29, 0.717) is 19.1 Å². The molecular formula is C21H26F2N4O3. The van der Waals surface area contributed by atoms with Crippen molar-refractivity contribution in [1.82, 2.24) is 14.8 Å². The number of hydrogen-bond acceptors (Lipinski definition) is 5. The maximum absolute atomic E-state index is 15.5. The lowest BCUT2D eigenvalue weighted by atomic mass is 10.0. The second kappa shape index (κ2) is 8.31. The number of aromatic carboxylic acids is 1. The van der Waals surface area contributed by atoms with E-state index in [2.05, 4.69) is 10.2 Å². The maximum atomic E-state index is 15.5. The number of carbonyl (C=O) groups is 1. The number of fused-ring (bicyclic) bond motifs is 1. The molecule has 2 aromatic rings. The van der Waals surface area contributed by atoms with Gasteiger partial charge in [0.15, 0.2) is 5.82 Å². The zero-order valence-electron chi connectivity index (χ0n) is 17.0. The SMILES string of the molecule is CCn1cc(C(=O)O)c(=O)c2cc(F)c(N3CCC(N4CCNCC4)CC3)c(F)c21. The minimum atomic E-state index is -1.41. The van der Waals surface area contributed by atoms with E-state index in [1.165, 1.54) is 4.57 Å². The third kappa shape index (κ3) is 3.56. The fourth-order valence-corrected chi connectivity index (χ4v) is 4.67. The van der Waals surface area contributed by atoms with Crippen molar-refractivity contribution in [3.05, 3.63) is 39.7 Å². The molecule has 1 aromatic heterocycles. The van der Waals surface area contributed by atoms with Crippen LogP contribution < -0.4 is 15.6 Å². The highest BCUT2D eigenvalue weighted by atomic mass is 19.1. The van der Waals surface area contributed by atoms with Gasteiger partial charge >= 0.3 is 5.97 Å². The molecule has 2 fully saturated rings. The number of hydrogen-bond donors (Lipinski definition) is 2. The van der Waals surface area contributed by atoms with Crippen molar-refractivity contribution < 1.29 is 18.7 Å². The number of aromatic nitrogens is 1. The van der Waals surface area contributed by atoms with E-state index in [-0.39, 0.29) is 23.1 Å². The first kappa shape index (κ1) is 20.7. The van der Waals surface area contributed by atoms with Gasteiger partial charge in [0, 0.05) is 58.1 Å². The van der Waals surface area contributed by atoms with Crippen LogP contribution in [0.3, 0.4) is 0 Å². The number of benzene rings is 1. The monoisotopic (exact) mass is 420 g/mol. The van der Waals surface area contributed by atoms with Crippen molar-refractivity contribution in [3.8, 4) is 0 Å². The number of rotatable bonds is 4. The Bertz CT molecular complexity index is 1030. The summed E-state index contributed by atoms with van der Waals surface area (Å²) in [7, 11) is 0. The molecule has 0 unspecified atom stereocenters. The molecule has 2 saturated heterocycles. The van der Waals surface area contributed by atoms with Gasteiger partial charge in [0.1, 0.15) is 17.1 Å². The van der Waals surface area contributed by atoms with Gasteiger partial charge in [-0.1, -0.05) is 0 Å². The number of pyridine rings is 1. The Kier molecular flexibility index (Phi) is 5.75. The van der Waals surface area contributed by atoms with Gasteiger partial charge in [-0.3, -0.25) is 9.69 Å². The average Bonchev–Trinajstić information content (AvgIpc) is 2.75. The number of piperazine rings is 1. The van der Waals surface area contributed by atoms with Gasteiger partial charge < -0.3 is 19.9 Å². The largest absolute Gasteiger partial charge is 0.477 e. The highest BCUT2D eigenvalue weighted by molar-refractivity contribution is 5.93. The van der Waals surface area contributed by atoms with Crippen LogP contribution in [0.5, 0.6) is 0 Å². The highest BCUT2D eigenvalue weighted by Crippen LogP contribution is 2.32. The van der Waals surface area contributed by atoms with Crippen LogP contribution in [-0.2, 0) is 6.54 Å². The fraction of sp³-hybridized carbons (Fsp3) is 0.524. The molecule has 0 spiro atoms. The summed E-state index contributed by atoms with van der Waals surface area (Å²) in [6, 6.07) is 1.39. The standard InChI is InChI=1S/C21H26F2N4O3/c1-2-25-12-15(21(29)30)20(28)14-11-16(22)19(17(23)18(14)25)27-7-3-13(4-8-27)26-9-5-24-6-10-26/h11-13,24H,2-10H2,1H3,(H,29,30). The molecule has 0 bridgehead atoms. The minimum absolute atomic E-state index is 0.0480. The maximum Gasteiger partial charge on any atom is 0.341 e. The van der Waals surface area contributed by atoms with Gasteiger partial charge in [0.2, 0.25) is 5.43 Å². The number of nitrogens with zero attached hydrogens (tertiary/aromatic N) is 3. The van der Waals surface area contributed by atoms with Crippen LogP contribution in [0.2, 0.25) is 0 Å². The van der Waals surface area contributed by atoms with E-state index >= 15 is 4.39 Å². The summed E-state index contributed by atoms with van der Waals surface area (Å²) in [4.78, 5) is 28.0. The van der Waals surface area contributed by atoms with E-state index in [4.69, 9.17) is 0 Å². The molecule has 9 heteroatoms. The third-order valence-electron chi connectivity index (χ3n) is 6.25. The van der Waals surface area contributed by atoms with E-state index in [1.54, 1.807) is 11.8 Å². The van der Waals surface area contributed by atoms with Crippen LogP contribution in [0.25, 0.3) is 10.9 Å². The average molecular weight is 420 g/mol. The Morgan fingerprint density at radius 3 is 2.47 bits per heavy atom. The molecule has 1 aromatic carbocycles. The fourth-order valence-electron chi connectivity index (χ4n) is 4.67. The van der Waals surface area contributed by atoms with Crippen LogP contribution in [0.4, 0.5) is 14.5 Å². The first-order valence-corrected chi connectivity index (χ1v) is 10.4. The third-order valence-corrected chi connectivity index (χ3v) is 6.25. The van der Waals surface area contributed by atoms with Gasteiger partial charge in [-0.2, -0.15) is 0 Å². The minimum Gasteiger partial charge on any atom is -0.477 e. The molecule has 0 saturated carbocycles. The Balaban J connectivity index is 1.69. The molecule has 3 heterocycles. The lowest BCUT2D eigenvalue weighted by molar-refractivity contribution is 0.0695. The van der Waals surface area contributed by atoms with Crippen molar-refractivity contribution >= 4 is 22.6 Å².